The minimum absolute atomic E-state index is 0.0726. The van der Waals surface area contributed by atoms with Gasteiger partial charge in [-0.2, -0.15) is 5.10 Å². The molecule has 0 aliphatic carbocycles. The van der Waals surface area contributed by atoms with E-state index in [1.807, 2.05) is 6.92 Å². The van der Waals surface area contributed by atoms with Crippen LogP contribution in [0.4, 0.5) is 0 Å². The zero-order valence-corrected chi connectivity index (χ0v) is 9.99. The molecule has 0 saturated heterocycles. The molecule has 0 bridgehead atoms. The van der Waals surface area contributed by atoms with Crippen LogP contribution in [0.5, 0.6) is 0 Å². The van der Waals surface area contributed by atoms with Gasteiger partial charge in [-0.05, 0) is 31.0 Å². The third-order valence-electron chi connectivity index (χ3n) is 2.18. The van der Waals surface area contributed by atoms with Crippen molar-refractivity contribution >= 4 is 0 Å². The number of hydrogen-bond donors (Lipinski definition) is 1. The van der Waals surface area contributed by atoms with Gasteiger partial charge in [-0.15, -0.1) is 0 Å². The first-order valence-electron chi connectivity index (χ1n) is 5.54. The summed E-state index contributed by atoms with van der Waals surface area (Å²) < 4.78 is 1.43. The van der Waals surface area contributed by atoms with Crippen LogP contribution in [0.15, 0.2) is 29.2 Å². The Morgan fingerprint density at radius 1 is 1.62 bits per heavy atom. The van der Waals surface area contributed by atoms with Gasteiger partial charge in [0, 0.05) is 12.6 Å². The Hall–Kier alpha value is -1.42. The van der Waals surface area contributed by atoms with Crippen molar-refractivity contribution in [1.82, 2.24) is 15.1 Å². The monoisotopic (exact) mass is 221 g/mol. The lowest BCUT2D eigenvalue weighted by Gasteiger charge is -2.08. The molecule has 16 heavy (non-hydrogen) atoms. The van der Waals surface area contributed by atoms with Gasteiger partial charge in [0.25, 0.3) is 5.56 Å². The van der Waals surface area contributed by atoms with Gasteiger partial charge in [0.2, 0.25) is 0 Å². The average molecular weight is 221 g/mol. The second-order valence-corrected chi connectivity index (χ2v) is 3.96. The van der Waals surface area contributed by atoms with E-state index in [1.165, 1.54) is 4.68 Å². The molecule has 1 aromatic heterocycles. The lowest BCUT2D eigenvalue weighted by Crippen LogP contribution is -2.26. The second kappa shape index (κ2) is 6.23. The van der Waals surface area contributed by atoms with Crippen LogP contribution in [0, 0.1) is 6.92 Å². The molecule has 0 saturated carbocycles. The first kappa shape index (κ1) is 12.6. The Morgan fingerprint density at radius 3 is 3.00 bits per heavy atom. The molecule has 0 fully saturated rings. The Kier molecular flexibility index (Phi) is 4.92. The predicted octanol–water partition coefficient (Wildman–Crippen LogP) is 1.11. The van der Waals surface area contributed by atoms with Crippen molar-refractivity contribution in [2.45, 2.75) is 26.8 Å². The molecule has 88 valence electrons. The Labute approximate surface area is 96.0 Å². The van der Waals surface area contributed by atoms with Gasteiger partial charge in [-0.25, -0.2) is 4.68 Å². The quantitative estimate of drug-likeness (QED) is 0.578. The van der Waals surface area contributed by atoms with Crippen LogP contribution in [0.2, 0.25) is 0 Å². The smallest absolute Gasteiger partial charge is 0.267 e. The Bertz CT molecular complexity index is 409. The Morgan fingerprint density at radius 2 is 2.38 bits per heavy atom. The summed E-state index contributed by atoms with van der Waals surface area (Å²) in [6.45, 7) is 10.1. The van der Waals surface area contributed by atoms with Crippen molar-refractivity contribution in [2.75, 3.05) is 13.1 Å². The van der Waals surface area contributed by atoms with Crippen molar-refractivity contribution in [3.8, 4) is 0 Å². The molecule has 4 nitrogen and oxygen atoms in total. The van der Waals surface area contributed by atoms with Gasteiger partial charge >= 0.3 is 0 Å². The summed E-state index contributed by atoms with van der Waals surface area (Å²) in [4.78, 5) is 11.5. The van der Waals surface area contributed by atoms with Crippen molar-refractivity contribution < 1.29 is 0 Å². The molecule has 0 aromatic carbocycles. The zero-order valence-electron chi connectivity index (χ0n) is 9.99. The molecular weight excluding hydrogens is 202 g/mol. The SMILES string of the molecule is C=C(CNCCC)Cn1ncc(C)cc1=O. The lowest BCUT2D eigenvalue weighted by molar-refractivity contribution is 0.602. The average Bonchev–Trinajstić information content (AvgIpc) is 2.23. The van der Waals surface area contributed by atoms with Crippen molar-refractivity contribution in [3.63, 3.8) is 0 Å². The number of aromatic nitrogens is 2. The van der Waals surface area contributed by atoms with Crippen molar-refractivity contribution in [3.05, 3.63) is 40.3 Å². The van der Waals surface area contributed by atoms with E-state index in [1.54, 1.807) is 12.3 Å². The standard InChI is InChI=1S/C12H19N3O/c1-4-5-13-7-11(3)9-15-12(16)6-10(2)8-14-15/h6,8,13H,3-5,7,9H2,1-2H3. The third-order valence-corrected chi connectivity index (χ3v) is 2.18. The highest BCUT2D eigenvalue weighted by Crippen LogP contribution is 1.93. The summed E-state index contributed by atoms with van der Waals surface area (Å²) in [5.41, 5.74) is 1.78. The normalized spacial score (nSPS) is 10.4. The first-order valence-corrected chi connectivity index (χ1v) is 5.54. The Balaban J connectivity index is 2.53. The fourth-order valence-electron chi connectivity index (χ4n) is 1.35. The van der Waals surface area contributed by atoms with Crippen LogP contribution in [-0.2, 0) is 6.54 Å². The first-order chi connectivity index (χ1) is 7.63. The van der Waals surface area contributed by atoms with Gasteiger partial charge in [-0.3, -0.25) is 4.79 Å². The summed E-state index contributed by atoms with van der Waals surface area (Å²) in [6, 6.07) is 1.58. The van der Waals surface area contributed by atoms with Gasteiger partial charge < -0.3 is 5.32 Å². The van der Waals surface area contributed by atoms with E-state index >= 15 is 0 Å². The highest BCUT2D eigenvalue weighted by Gasteiger charge is 2.00. The summed E-state index contributed by atoms with van der Waals surface area (Å²) in [5, 5.41) is 7.30. The minimum atomic E-state index is -0.0726. The summed E-state index contributed by atoms with van der Waals surface area (Å²) in [6.07, 6.45) is 2.78. The largest absolute Gasteiger partial charge is 0.313 e. The van der Waals surface area contributed by atoms with Gasteiger partial charge in [0.1, 0.15) is 0 Å². The van der Waals surface area contributed by atoms with E-state index in [9.17, 15) is 4.79 Å². The molecule has 0 atom stereocenters. The van der Waals surface area contributed by atoms with Gasteiger partial charge in [-0.1, -0.05) is 13.5 Å². The zero-order chi connectivity index (χ0) is 12.0. The van der Waals surface area contributed by atoms with Crippen LogP contribution in [0.25, 0.3) is 0 Å². The molecule has 0 radical (unpaired) electrons. The van der Waals surface area contributed by atoms with E-state index in [4.69, 9.17) is 0 Å². The molecule has 0 amide bonds. The van der Waals surface area contributed by atoms with Crippen LogP contribution >= 0.6 is 0 Å². The highest BCUT2D eigenvalue weighted by molar-refractivity contribution is 5.04. The van der Waals surface area contributed by atoms with E-state index in [2.05, 4.69) is 23.9 Å². The highest BCUT2D eigenvalue weighted by atomic mass is 16.1. The predicted molar refractivity (Wildman–Crippen MR) is 65.5 cm³/mol. The summed E-state index contributed by atoms with van der Waals surface area (Å²) >= 11 is 0. The third kappa shape index (κ3) is 3.98. The van der Waals surface area contributed by atoms with E-state index < -0.39 is 0 Å². The molecule has 1 rings (SSSR count). The van der Waals surface area contributed by atoms with Crippen molar-refractivity contribution in [2.24, 2.45) is 0 Å². The minimum Gasteiger partial charge on any atom is -0.313 e. The molecule has 1 aromatic rings. The van der Waals surface area contributed by atoms with E-state index in [-0.39, 0.29) is 5.56 Å². The molecular formula is C12H19N3O. The summed E-state index contributed by atoms with van der Waals surface area (Å²) in [7, 11) is 0. The van der Waals surface area contributed by atoms with Crippen LogP contribution in [0.3, 0.4) is 0 Å². The molecule has 4 heteroatoms. The molecule has 1 N–H and O–H groups in total. The molecule has 1 heterocycles. The topological polar surface area (TPSA) is 46.9 Å². The number of nitrogens with zero attached hydrogens (tertiary/aromatic N) is 2. The lowest BCUT2D eigenvalue weighted by atomic mass is 10.3. The number of aryl methyl sites for hydroxylation is 1. The van der Waals surface area contributed by atoms with Crippen LogP contribution < -0.4 is 10.9 Å². The van der Waals surface area contributed by atoms with Gasteiger partial charge in [0.15, 0.2) is 0 Å². The fourth-order valence-corrected chi connectivity index (χ4v) is 1.35. The van der Waals surface area contributed by atoms with E-state index in [0.717, 1.165) is 30.6 Å². The number of nitrogens with one attached hydrogen (secondary N) is 1. The molecule has 0 aliphatic heterocycles. The molecule has 0 spiro atoms. The summed E-state index contributed by atoms with van der Waals surface area (Å²) in [5.74, 6) is 0. The van der Waals surface area contributed by atoms with Crippen LogP contribution in [0.1, 0.15) is 18.9 Å². The van der Waals surface area contributed by atoms with Crippen LogP contribution in [-0.4, -0.2) is 22.9 Å². The van der Waals surface area contributed by atoms with Crippen molar-refractivity contribution in [1.29, 1.82) is 0 Å². The maximum absolute atomic E-state index is 11.5. The maximum atomic E-state index is 11.5. The maximum Gasteiger partial charge on any atom is 0.267 e. The number of hydrogen-bond acceptors (Lipinski definition) is 3. The van der Waals surface area contributed by atoms with Gasteiger partial charge in [0.05, 0.1) is 12.7 Å². The molecule has 0 unspecified atom stereocenters. The fraction of sp³-hybridized carbons (Fsp3) is 0.500. The number of rotatable bonds is 6. The van der Waals surface area contributed by atoms with E-state index in [0.29, 0.717) is 6.54 Å². The molecule has 0 aliphatic rings. The second-order valence-electron chi connectivity index (χ2n) is 3.96.